The van der Waals surface area contributed by atoms with Crippen molar-refractivity contribution in [3.05, 3.63) is 0 Å². The van der Waals surface area contributed by atoms with Crippen molar-refractivity contribution in [3.8, 4) is 0 Å². The van der Waals surface area contributed by atoms with Gasteiger partial charge in [-0.05, 0) is 12.8 Å². The fourth-order valence-corrected chi connectivity index (χ4v) is 3.66. The highest BCUT2D eigenvalue weighted by Gasteiger charge is 2.35. The van der Waals surface area contributed by atoms with Gasteiger partial charge < -0.3 is 10.6 Å². The van der Waals surface area contributed by atoms with Crippen molar-refractivity contribution in [2.45, 2.75) is 25.3 Å². The van der Waals surface area contributed by atoms with E-state index in [-0.39, 0.29) is 29.4 Å². The van der Waals surface area contributed by atoms with E-state index in [1.165, 1.54) is 0 Å². The van der Waals surface area contributed by atoms with Gasteiger partial charge in [0.25, 0.3) is 0 Å². The standard InChI is InChI=1S/C10H18N2O3S/c11-9-3-1-2-8(9)10(13)12-4-6-16(14,15)7-5-12/h8-9H,1-7,11H2. The first-order chi connectivity index (χ1) is 7.49. The average molecular weight is 246 g/mol. The summed E-state index contributed by atoms with van der Waals surface area (Å²) in [6.45, 7) is 0.675. The molecule has 0 aromatic carbocycles. The molecule has 0 spiro atoms. The second-order valence-corrected chi connectivity index (χ2v) is 6.98. The Kier molecular flexibility index (Phi) is 3.21. The molecule has 92 valence electrons. The third kappa shape index (κ3) is 2.38. The molecule has 2 fully saturated rings. The van der Waals surface area contributed by atoms with E-state index in [1.807, 2.05) is 0 Å². The van der Waals surface area contributed by atoms with E-state index < -0.39 is 9.84 Å². The van der Waals surface area contributed by atoms with E-state index in [1.54, 1.807) is 4.90 Å². The lowest BCUT2D eigenvalue weighted by atomic mass is 10.0. The largest absolute Gasteiger partial charge is 0.340 e. The molecule has 1 saturated carbocycles. The Morgan fingerprint density at radius 3 is 2.31 bits per heavy atom. The number of carbonyl (C=O) groups excluding carboxylic acids is 1. The fraction of sp³-hybridized carbons (Fsp3) is 0.900. The summed E-state index contributed by atoms with van der Waals surface area (Å²) in [5.74, 6) is 0.169. The minimum Gasteiger partial charge on any atom is -0.340 e. The lowest BCUT2D eigenvalue weighted by molar-refractivity contribution is -0.135. The van der Waals surface area contributed by atoms with Crippen molar-refractivity contribution in [2.24, 2.45) is 11.7 Å². The van der Waals surface area contributed by atoms with Gasteiger partial charge in [0.1, 0.15) is 0 Å². The molecule has 0 aromatic heterocycles. The lowest BCUT2D eigenvalue weighted by Gasteiger charge is -2.30. The fourth-order valence-electron chi connectivity index (χ4n) is 2.46. The molecule has 0 radical (unpaired) electrons. The van der Waals surface area contributed by atoms with E-state index in [4.69, 9.17) is 5.73 Å². The number of rotatable bonds is 1. The molecule has 0 aromatic rings. The van der Waals surface area contributed by atoms with Crippen LogP contribution in [0.5, 0.6) is 0 Å². The summed E-state index contributed by atoms with van der Waals surface area (Å²) < 4.78 is 22.5. The predicted molar refractivity (Wildman–Crippen MR) is 60.6 cm³/mol. The van der Waals surface area contributed by atoms with E-state index in [0.29, 0.717) is 13.1 Å². The van der Waals surface area contributed by atoms with Gasteiger partial charge in [0, 0.05) is 19.1 Å². The number of carbonyl (C=O) groups is 1. The first-order valence-electron chi connectivity index (χ1n) is 5.74. The van der Waals surface area contributed by atoms with Gasteiger partial charge in [0.05, 0.1) is 17.4 Å². The second kappa shape index (κ2) is 4.33. The van der Waals surface area contributed by atoms with Gasteiger partial charge in [0.15, 0.2) is 9.84 Å². The Labute approximate surface area is 95.9 Å². The summed E-state index contributed by atoms with van der Waals surface area (Å²) in [5.41, 5.74) is 5.87. The maximum absolute atomic E-state index is 12.1. The molecule has 1 amide bonds. The van der Waals surface area contributed by atoms with Crippen molar-refractivity contribution in [1.82, 2.24) is 4.90 Å². The van der Waals surface area contributed by atoms with Crippen molar-refractivity contribution >= 4 is 15.7 Å². The topological polar surface area (TPSA) is 80.5 Å². The van der Waals surface area contributed by atoms with Gasteiger partial charge in [-0.2, -0.15) is 0 Å². The van der Waals surface area contributed by atoms with Crippen LogP contribution in [0.15, 0.2) is 0 Å². The van der Waals surface area contributed by atoms with Crippen molar-refractivity contribution in [2.75, 3.05) is 24.6 Å². The molecule has 1 aliphatic heterocycles. The maximum Gasteiger partial charge on any atom is 0.227 e. The second-order valence-electron chi connectivity index (χ2n) is 4.68. The molecule has 1 aliphatic carbocycles. The molecule has 2 N–H and O–H groups in total. The molecule has 6 heteroatoms. The summed E-state index contributed by atoms with van der Waals surface area (Å²) in [7, 11) is -2.91. The van der Waals surface area contributed by atoms with Crippen LogP contribution in [-0.2, 0) is 14.6 Å². The maximum atomic E-state index is 12.1. The minimum atomic E-state index is -2.91. The zero-order chi connectivity index (χ0) is 11.8. The summed E-state index contributed by atoms with van der Waals surface area (Å²) in [4.78, 5) is 13.7. The normalized spacial score (nSPS) is 33.9. The third-order valence-corrected chi connectivity index (χ3v) is 5.15. The SMILES string of the molecule is NC1CCCC1C(=O)N1CCS(=O)(=O)CC1. The zero-order valence-electron chi connectivity index (χ0n) is 9.26. The molecular weight excluding hydrogens is 228 g/mol. The molecule has 2 aliphatic rings. The Hall–Kier alpha value is -0.620. The van der Waals surface area contributed by atoms with Gasteiger partial charge in [-0.3, -0.25) is 4.79 Å². The summed E-state index contributed by atoms with van der Waals surface area (Å²) in [6.07, 6.45) is 2.76. The van der Waals surface area contributed by atoms with Crippen LogP contribution in [0.2, 0.25) is 0 Å². The van der Waals surface area contributed by atoms with Crippen molar-refractivity contribution < 1.29 is 13.2 Å². The van der Waals surface area contributed by atoms with Crippen LogP contribution in [0.1, 0.15) is 19.3 Å². The van der Waals surface area contributed by atoms with Crippen LogP contribution in [-0.4, -0.2) is 49.9 Å². The van der Waals surface area contributed by atoms with E-state index in [2.05, 4.69) is 0 Å². The van der Waals surface area contributed by atoms with Crippen LogP contribution in [0.25, 0.3) is 0 Å². The van der Waals surface area contributed by atoms with E-state index >= 15 is 0 Å². The van der Waals surface area contributed by atoms with Crippen LogP contribution in [0.3, 0.4) is 0 Å². The highest BCUT2D eigenvalue weighted by molar-refractivity contribution is 7.91. The van der Waals surface area contributed by atoms with Crippen molar-refractivity contribution in [3.63, 3.8) is 0 Å². The van der Waals surface area contributed by atoms with Gasteiger partial charge in [0.2, 0.25) is 5.91 Å². The Balaban J connectivity index is 1.96. The van der Waals surface area contributed by atoms with E-state index in [9.17, 15) is 13.2 Å². The quantitative estimate of drug-likeness (QED) is 0.668. The monoisotopic (exact) mass is 246 g/mol. The van der Waals surface area contributed by atoms with E-state index in [0.717, 1.165) is 19.3 Å². The Morgan fingerprint density at radius 1 is 1.19 bits per heavy atom. The first kappa shape index (κ1) is 11.9. The van der Waals surface area contributed by atoms with Crippen LogP contribution in [0, 0.1) is 5.92 Å². The van der Waals surface area contributed by atoms with Crippen LogP contribution in [0.4, 0.5) is 0 Å². The lowest BCUT2D eigenvalue weighted by Crippen LogP contribution is -2.48. The van der Waals surface area contributed by atoms with Gasteiger partial charge >= 0.3 is 0 Å². The number of hydrogen-bond donors (Lipinski definition) is 1. The highest BCUT2D eigenvalue weighted by Crippen LogP contribution is 2.26. The molecular formula is C10H18N2O3S. The minimum absolute atomic E-state index is 0.0361. The van der Waals surface area contributed by atoms with Gasteiger partial charge in [-0.1, -0.05) is 6.42 Å². The highest BCUT2D eigenvalue weighted by atomic mass is 32.2. The molecule has 1 heterocycles. The summed E-state index contributed by atoms with van der Waals surface area (Å²) in [6, 6.07) is -0.0361. The molecule has 2 unspecified atom stereocenters. The van der Waals surface area contributed by atoms with Crippen LogP contribution >= 0.6 is 0 Å². The predicted octanol–water partition coefficient (Wildman–Crippen LogP) is -0.629. The molecule has 2 atom stereocenters. The Bertz CT molecular complexity index is 366. The number of amides is 1. The zero-order valence-corrected chi connectivity index (χ0v) is 10.1. The molecule has 1 saturated heterocycles. The van der Waals surface area contributed by atoms with Crippen LogP contribution < -0.4 is 5.73 Å². The number of sulfone groups is 1. The number of nitrogens with two attached hydrogens (primary N) is 1. The molecule has 0 bridgehead atoms. The summed E-state index contributed by atoms with van der Waals surface area (Å²) in [5, 5.41) is 0. The first-order valence-corrected chi connectivity index (χ1v) is 7.56. The third-order valence-electron chi connectivity index (χ3n) is 3.54. The Morgan fingerprint density at radius 2 is 1.81 bits per heavy atom. The number of nitrogens with zero attached hydrogens (tertiary/aromatic N) is 1. The number of hydrogen-bond acceptors (Lipinski definition) is 4. The molecule has 16 heavy (non-hydrogen) atoms. The van der Waals surface area contributed by atoms with Gasteiger partial charge in [-0.25, -0.2) is 8.42 Å². The summed E-state index contributed by atoms with van der Waals surface area (Å²) >= 11 is 0. The van der Waals surface area contributed by atoms with Crippen molar-refractivity contribution in [1.29, 1.82) is 0 Å². The molecule has 5 nitrogen and oxygen atoms in total. The average Bonchev–Trinajstić information content (AvgIpc) is 2.63. The van der Waals surface area contributed by atoms with Gasteiger partial charge in [-0.15, -0.1) is 0 Å². The molecule has 2 rings (SSSR count). The smallest absolute Gasteiger partial charge is 0.227 e.